The zero-order valence-electron chi connectivity index (χ0n) is 15.3. The molecule has 3 nitrogen and oxygen atoms in total. The molecule has 2 aliphatic heterocycles. The second kappa shape index (κ2) is 5.36. The Morgan fingerprint density at radius 1 is 0.958 bits per heavy atom. The van der Waals surface area contributed by atoms with E-state index in [1.165, 1.54) is 51.4 Å². The van der Waals surface area contributed by atoms with Gasteiger partial charge >= 0.3 is 0 Å². The van der Waals surface area contributed by atoms with Gasteiger partial charge in [0.05, 0.1) is 5.41 Å². The van der Waals surface area contributed by atoms with Gasteiger partial charge in [-0.1, -0.05) is 13.8 Å². The predicted molar refractivity (Wildman–Crippen MR) is 98.2 cm³/mol. The molecule has 0 aromatic rings. The molecule has 4 saturated carbocycles. The van der Waals surface area contributed by atoms with Gasteiger partial charge in [0.25, 0.3) is 0 Å². The highest BCUT2D eigenvalue weighted by molar-refractivity contribution is 5.85. The van der Waals surface area contributed by atoms with Gasteiger partial charge in [0.1, 0.15) is 0 Å². The second-order valence-electron chi connectivity index (χ2n) is 10.5. The number of halogens is 1. The molecule has 1 N–H and O–H groups in total. The number of amides is 1. The molecule has 4 unspecified atom stereocenters. The molecule has 0 aromatic heterocycles. The van der Waals surface area contributed by atoms with Crippen LogP contribution in [-0.2, 0) is 4.79 Å². The monoisotopic (exact) mass is 352 g/mol. The molecule has 2 heterocycles. The van der Waals surface area contributed by atoms with Crippen LogP contribution in [0.1, 0.15) is 71.6 Å². The van der Waals surface area contributed by atoms with E-state index in [4.69, 9.17) is 0 Å². The average Bonchev–Trinajstić information content (AvgIpc) is 2.66. The molecular formula is C20H33ClN2O. The highest BCUT2D eigenvalue weighted by Gasteiger charge is 2.64. The molecule has 6 rings (SSSR count). The molecule has 4 atom stereocenters. The van der Waals surface area contributed by atoms with Crippen LogP contribution in [-0.4, -0.2) is 36.0 Å². The van der Waals surface area contributed by atoms with Crippen LogP contribution in [0.25, 0.3) is 0 Å². The molecule has 24 heavy (non-hydrogen) atoms. The Bertz CT molecular complexity index is 518. The third kappa shape index (κ3) is 2.37. The largest absolute Gasteiger partial charge is 0.335 e. The lowest BCUT2D eigenvalue weighted by atomic mass is 9.40. The number of hydrogen-bond acceptors (Lipinski definition) is 2. The van der Waals surface area contributed by atoms with Gasteiger partial charge in [0, 0.05) is 18.6 Å². The van der Waals surface area contributed by atoms with Crippen LogP contribution < -0.4 is 5.32 Å². The average molecular weight is 353 g/mol. The molecule has 6 bridgehead atoms. The van der Waals surface area contributed by atoms with E-state index >= 15 is 0 Å². The summed E-state index contributed by atoms with van der Waals surface area (Å²) >= 11 is 0. The normalized spacial score (nSPS) is 52.1. The minimum Gasteiger partial charge on any atom is -0.335 e. The van der Waals surface area contributed by atoms with Crippen LogP contribution in [0, 0.1) is 22.2 Å². The molecule has 0 radical (unpaired) electrons. The van der Waals surface area contributed by atoms with Crippen molar-refractivity contribution in [2.45, 2.75) is 83.7 Å². The summed E-state index contributed by atoms with van der Waals surface area (Å²) in [5, 5.41) is 3.56. The summed E-state index contributed by atoms with van der Waals surface area (Å²) in [4.78, 5) is 16.2. The zero-order valence-corrected chi connectivity index (χ0v) is 16.1. The summed E-state index contributed by atoms with van der Waals surface area (Å²) in [7, 11) is 0. The molecule has 6 fully saturated rings. The lowest BCUT2D eigenvalue weighted by Gasteiger charge is -2.65. The Hall–Kier alpha value is -0.280. The van der Waals surface area contributed by atoms with E-state index in [9.17, 15) is 4.79 Å². The van der Waals surface area contributed by atoms with E-state index in [2.05, 4.69) is 24.1 Å². The molecule has 2 saturated heterocycles. The van der Waals surface area contributed by atoms with Crippen molar-refractivity contribution in [1.82, 2.24) is 10.2 Å². The summed E-state index contributed by atoms with van der Waals surface area (Å²) in [5.41, 5.74) is 0.869. The van der Waals surface area contributed by atoms with E-state index in [0.717, 1.165) is 25.4 Å². The van der Waals surface area contributed by atoms with Gasteiger partial charge in [-0.15, -0.1) is 12.4 Å². The van der Waals surface area contributed by atoms with Crippen molar-refractivity contribution in [1.29, 1.82) is 0 Å². The fourth-order valence-corrected chi connectivity index (χ4v) is 8.27. The third-order valence-corrected chi connectivity index (χ3v) is 7.97. The van der Waals surface area contributed by atoms with E-state index < -0.39 is 0 Å². The number of rotatable bonds is 1. The van der Waals surface area contributed by atoms with Gasteiger partial charge in [-0.3, -0.25) is 4.79 Å². The van der Waals surface area contributed by atoms with Crippen molar-refractivity contribution in [2.24, 2.45) is 22.2 Å². The van der Waals surface area contributed by atoms with Crippen LogP contribution in [0.2, 0.25) is 0 Å². The van der Waals surface area contributed by atoms with Crippen LogP contribution in [0.4, 0.5) is 0 Å². The molecular weight excluding hydrogens is 320 g/mol. The molecule has 6 aliphatic rings. The molecule has 0 aromatic carbocycles. The highest BCUT2D eigenvalue weighted by atomic mass is 35.5. The van der Waals surface area contributed by atoms with Crippen molar-refractivity contribution in [2.75, 3.05) is 13.1 Å². The Labute approximate surface area is 152 Å². The number of nitrogens with one attached hydrogen (secondary N) is 1. The number of fused-ring (bicyclic) bond motifs is 2. The van der Waals surface area contributed by atoms with E-state index in [1.54, 1.807) is 0 Å². The Morgan fingerprint density at radius 2 is 1.62 bits per heavy atom. The molecule has 4 aliphatic carbocycles. The minimum absolute atomic E-state index is 0. The van der Waals surface area contributed by atoms with Gasteiger partial charge in [-0.05, 0) is 81.1 Å². The standard InChI is InChI=1S/C20H32N2O.ClH/c1-18-7-14-8-19(2,11-18)13-20(9-14,12-18)17(23)22-15-3-4-16(22)10-21-6-5-15;/h14-16,21H,3-13H2,1-2H3;1H. The summed E-state index contributed by atoms with van der Waals surface area (Å²) in [6.45, 7) is 7.08. The highest BCUT2D eigenvalue weighted by Crippen LogP contribution is 2.70. The first-order valence-electron chi connectivity index (χ1n) is 9.94. The van der Waals surface area contributed by atoms with Crippen LogP contribution >= 0.6 is 12.4 Å². The Morgan fingerprint density at radius 3 is 2.29 bits per heavy atom. The summed E-state index contributed by atoms with van der Waals surface area (Å²) < 4.78 is 0. The summed E-state index contributed by atoms with van der Waals surface area (Å²) in [6, 6.07) is 1.000. The van der Waals surface area contributed by atoms with Crippen molar-refractivity contribution in [3.8, 4) is 0 Å². The lowest BCUT2D eigenvalue weighted by Crippen LogP contribution is -2.61. The molecule has 136 valence electrons. The van der Waals surface area contributed by atoms with Crippen molar-refractivity contribution < 1.29 is 4.79 Å². The topological polar surface area (TPSA) is 32.3 Å². The molecule has 4 heteroatoms. The second-order valence-corrected chi connectivity index (χ2v) is 10.5. The summed E-state index contributed by atoms with van der Waals surface area (Å²) in [6.07, 6.45) is 11.3. The van der Waals surface area contributed by atoms with Gasteiger partial charge < -0.3 is 10.2 Å². The Balaban J connectivity index is 0.00000146. The molecule has 0 spiro atoms. The Kier molecular flexibility index (Phi) is 3.83. The van der Waals surface area contributed by atoms with Crippen molar-refractivity contribution in [3.05, 3.63) is 0 Å². The SMILES string of the molecule is CC12CC3CC(C)(C1)CC(C(=O)N1C4CCNCC1CC4)(C3)C2.Cl. The third-order valence-electron chi connectivity index (χ3n) is 7.97. The zero-order chi connectivity index (χ0) is 15.9. The maximum absolute atomic E-state index is 13.8. The fourth-order valence-electron chi connectivity index (χ4n) is 8.27. The van der Waals surface area contributed by atoms with Gasteiger partial charge in [0.2, 0.25) is 5.91 Å². The number of carbonyl (C=O) groups excluding carboxylic acids is 1. The minimum atomic E-state index is -0.00586. The van der Waals surface area contributed by atoms with Crippen molar-refractivity contribution in [3.63, 3.8) is 0 Å². The van der Waals surface area contributed by atoms with Crippen LogP contribution in [0.3, 0.4) is 0 Å². The first-order valence-corrected chi connectivity index (χ1v) is 9.94. The van der Waals surface area contributed by atoms with Gasteiger partial charge in [-0.2, -0.15) is 0 Å². The first kappa shape index (κ1) is 17.1. The van der Waals surface area contributed by atoms with Crippen LogP contribution in [0.15, 0.2) is 0 Å². The number of carbonyl (C=O) groups is 1. The van der Waals surface area contributed by atoms with Crippen LogP contribution in [0.5, 0.6) is 0 Å². The lowest BCUT2D eigenvalue weighted by molar-refractivity contribution is -0.181. The van der Waals surface area contributed by atoms with Gasteiger partial charge in [0.15, 0.2) is 0 Å². The number of nitrogens with zero attached hydrogens (tertiary/aromatic N) is 1. The maximum Gasteiger partial charge on any atom is 0.229 e. The van der Waals surface area contributed by atoms with E-state index in [1.807, 2.05) is 0 Å². The quantitative estimate of drug-likeness (QED) is 0.779. The first-order chi connectivity index (χ1) is 10.9. The number of hydrogen-bond donors (Lipinski definition) is 1. The van der Waals surface area contributed by atoms with E-state index in [-0.39, 0.29) is 17.8 Å². The maximum atomic E-state index is 13.8. The summed E-state index contributed by atoms with van der Waals surface area (Å²) in [5.74, 6) is 1.38. The van der Waals surface area contributed by atoms with Crippen molar-refractivity contribution >= 4 is 18.3 Å². The van der Waals surface area contributed by atoms with E-state index in [0.29, 0.717) is 28.8 Å². The van der Waals surface area contributed by atoms with Gasteiger partial charge in [-0.25, -0.2) is 0 Å². The smallest absolute Gasteiger partial charge is 0.229 e. The predicted octanol–water partition coefficient (Wildman–Crippen LogP) is 3.76. The molecule has 1 amide bonds. The fraction of sp³-hybridized carbons (Fsp3) is 0.950.